The standard InChI is InChI=1S/C14H12O5/c1-17-13(15)10-6-3-5-9(11-7-4-8-19-11)12(10)14(16)18-2/h3-8H,1-2H3. The summed E-state index contributed by atoms with van der Waals surface area (Å²) in [7, 11) is 2.51. The average Bonchev–Trinajstić information content (AvgIpc) is 2.98. The Hall–Kier alpha value is -2.56. The first kappa shape index (κ1) is 12.9. The molecule has 98 valence electrons. The maximum absolute atomic E-state index is 11.9. The highest BCUT2D eigenvalue weighted by atomic mass is 16.5. The smallest absolute Gasteiger partial charge is 0.339 e. The summed E-state index contributed by atoms with van der Waals surface area (Å²) in [5.41, 5.74) is 0.759. The molecule has 0 aliphatic carbocycles. The highest BCUT2D eigenvalue weighted by Crippen LogP contribution is 2.27. The molecule has 5 nitrogen and oxygen atoms in total. The van der Waals surface area contributed by atoms with Crippen molar-refractivity contribution in [3.05, 3.63) is 47.7 Å². The van der Waals surface area contributed by atoms with Gasteiger partial charge in [-0.15, -0.1) is 0 Å². The van der Waals surface area contributed by atoms with Gasteiger partial charge in [-0.2, -0.15) is 0 Å². The van der Waals surface area contributed by atoms with Crippen molar-refractivity contribution in [2.24, 2.45) is 0 Å². The quantitative estimate of drug-likeness (QED) is 0.793. The van der Waals surface area contributed by atoms with Crippen LogP contribution in [0.4, 0.5) is 0 Å². The number of benzene rings is 1. The summed E-state index contributed by atoms with van der Waals surface area (Å²) in [6.45, 7) is 0. The van der Waals surface area contributed by atoms with Crippen LogP contribution in [0.1, 0.15) is 20.7 Å². The van der Waals surface area contributed by atoms with Crippen LogP contribution in [0.3, 0.4) is 0 Å². The van der Waals surface area contributed by atoms with E-state index in [0.717, 1.165) is 0 Å². The van der Waals surface area contributed by atoms with Gasteiger partial charge in [-0.05, 0) is 18.2 Å². The third-order valence-corrected chi connectivity index (χ3v) is 2.65. The number of ether oxygens (including phenoxy) is 2. The minimum absolute atomic E-state index is 0.131. The van der Waals surface area contributed by atoms with Crippen LogP contribution in [0.2, 0.25) is 0 Å². The summed E-state index contributed by atoms with van der Waals surface area (Å²) in [4.78, 5) is 23.6. The molecule has 0 saturated carbocycles. The van der Waals surface area contributed by atoms with Gasteiger partial charge in [-0.25, -0.2) is 9.59 Å². The van der Waals surface area contributed by atoms with E-state index in [1.54, 1.807) is 24.3 Å². The van der Waals surface area contributed by atoms with Gasteiger partial charge in [0.05, 0.1) is 31.6 Å². The zero-order valence-corrected chi connectivity index (χ0v) is 10.5. The maximum atomic E-state index is 11.9. The lowest BCUT2D eigenvalue weighted by Crippen LogP contribution is -2.13. The zero-order valence-electron chi connectivity index (χ0n) is 10.5. The Labute approximate surface area is 109 Å². The summed E-state index contributed by atoms with van der Waals surface area (Å²) in [6, 6.07) is 8.22. The topological polar surface area (TPSA) is 65.7 Å². The maximum Gasteiger partial charge on any atom is 0.339 e. The van der Waals surface area contributed by atoms with Crippen molar-refractivity contribution >= 4 is 11.9 Å². The number of carbonyl (C=O) groups is 2. The van der Waals surface area contributed by atoms with E-state index in [-0.39, 0.29) is 11.1 Å². The van der Waals surface area contributed by atoms with Crippen molar-refractivity contribution in [1.29, 1.82) is 0 Å². The van der Waals surface area contributed by atoms with Gasteiger partial charge in [0.25, 0.3) is 0 Å². The molecule has 0 fully saturated rings. The number of esters is 2. The Balaban J connectivity index is 2.67. The predicted octanol–water partition coefficient (Wildman–Crippen LogP) is 2.52. The molecule has 0 bridgehead atoms. The van der Waals surface area contributed by atoms with Gasteiger partial charge in [0.1, 0.15) is 5.76 Å². The second kappa shape index (κ2) is 5.39. The van der Waals surface area contributed by atoms with Gasteiger partial charge in [0, 0.05) is 5.56 Å². The van der Waals surface area contributed by atoms with E-state index in [1.165, 1.54) is 26.5 Å². The summed E-state index contributed by atoms with van der Waals surface area (Å²) in [6.07, 6.45) is 1.49. The molecule has 0 radical (unpaired) electrons. The highest BCUT2D eigenvalue weighted by molar-refractivity contribution is 6.07. The van der Waals surface area contributed by atoms with Crippen molar-refractivity contribution in [2.45, 2.75) is 0 Å². The number of rotatable bonds is 3. The molecule has 0 N–H and O–H groups in total. The van der Waals surface area contributed by atoms with Crippen molar-refractivity contribution in [2.75, 3.05) is 14.2 Å². The molecular formula is C14H12O5. The number of furan rings is 1. The van der Waals surface area contributed by atoms with Crippen molar-refractivity contribution in [3.8, 4) is 11.3 Å². The van der Waals surface area contributed by atoms with Gasteiger partial charge in [-0.3, -0.25) is 0 Å². The normalized spacial score (nSPS) is 10.0. The first-order valence-corrected chi connectivity index (χ1v) is 5.52. The fraction of sp³-hybridized carbons (Fsp3) is 0.143. The van der Waals surface area contributed by atoms with Crippen LogP contribution in [0.5, 0.6) is 0 Å². The van der Waals surface area contributed by atoms with Gasteiger partial charge in [-0.1, -0.05) is 12.1 Å². The van der Waals surface area contributed by atoms with Gasteiger partial charge < -0.3 is 13.9 Å². The van der Waals surface area contributed by atoms with E-state index in [9.17, 15) is 9.59 Å². The monoisotopic (exact) mass is 260 g/mol. The Bertz CT molecular complexity index is 598. The molecule has 1 heterocycles. The second-order valence-corrected chi connectivity index (χ2v) is 3.69. The van der Waals surface area contributed by atoms with E-state index in [2.05, 4.69) is 4.74 Å². The SMILES string of the molecule is COC(=O)c1cccc(-c2ccco2)c1C(=O)OC. The van der Waals surface area contributed by atoms with E-state index >= 15 is 0 Å². The predicted molar refractivity (Wildman–Crippen MR) is 66.8 cm³/mol. The fourth-order valence-corrected chi connectivity index (χ4v) is 1.79. The van der Waals surface area contributed by atoms with Crippen molar-refractivity contribution in [1.82, 2.24) is 0 Å². The van der Waals surface area contributed by atoms with Gasteiger partial charge >= 0.3 is 11.9 Å². The Morgan fingerprint density at radius 2 is 1.74 bits per heavy atom. The molecule has 1 aromatic heterocycles. The van der Waals surface area contributed by atoms with Gasteiger partial charge in [0.15, 0.2) is 0 Å². The van der Waals surface area contributed by atoms with Crippen LogP contribution in [-0.4, -0.2) is 26.2 Å². The Morgan fingerprint density at radius 3 is 2.32 bits per heavy atom. The van der Waals surface area contributed by atoms with E-state index in [4.69, 9.17) is 9.15 Å². The zero-order chi connectivity index (χ0) is 13.8. The van der Waals surface area contributed by atoms with Crippen molar-refractivity contribution < 1.29 is 23.5 Å². The second-order valence-electron chi connectivity index (χ2n) is 3.69. The van der Waals surface area contributed by atoms with Gasteiger partial charge in [0.2, 0.25) is 0 Å². The molecule has 2 rings (SSSR count). The first-order valence-electron chi connectivity index (χ1n) is 5.52. The minimum atomic E-state index is -0.618. The third-order valence-electron chi connectivity index (χ3n) is 2.65. The Kier molecular flexibility index (Phi) is 3.66. The molecule has 0 saturated heterocycles. The fourth-order valence-electron chi connectivity index (χ4n) is 1.79. The molecule has 0 amide bonds. The first-order chi connectivity index (χ1) is 9.19. The lowest BCUT2D eigenvalue weighted by Gasteiger charge is -2.10. The molecular weight excluding hydrogens is 248 g/mol. The Morgan fingerprint density at radius 1 is 1.00 bits per heavy atom. The molecule has 0 unspecified atom stereocenters. The molecule has 1 aromatic carbocycles. The van der Waals surface area contributed by atoms with Crippen LogP contribution in [0, 0.1) is 0 Å². The molecule has 2 aromatic rings. The molecule has 0 atom stereocenters. The number of methoxy groups -OCH3 is 2. The summed E-state index contributed by atoms with van der Waals surface area (Å²) < 4.78 is 14.7. The largest absolute Gasteiger partial charge is 0.465 e. The van der Waals surface area contributed by atoms with E-state index in [1.807, 2.05) is 0 Å². The van der Waals surface area contributed by atoms with E-state index in [0.29, 0.717) is 11.3 Å². The lowest BCUT2D eigenvalue weighted by atomic mass is 9.99. The van der Waals surface area contributed by atoms with E-state index < -0.39 is 11.9 Å². The summed E-state index contributed by atoms with van der Waals surface area (Å²) in [5, 5.41) is 0. The highest BCUT2D eigenvalue weighted by Gasteiger charge is 2.23. The van der Waals surface area contributed by atoms with Crippen LogP contribution in [0.25, 0.3) is 11.3 Å². The molecule has 19 heavy (non-hydrogen) atoms. The average molecular weight is 260 g/mol. The summed E-state index contributed by atoms with van der Waals surface area (Å²) >= 11 is 0. The lowest BCUT2D eigenvalue weighted by molar-refractivity contribution is 0.0556. The van der Waals surface area contributed by atoms with Crippen LogP contribution in [-0.2, 0) is 9.47 Å². The number of hydrogen-bond acceptors (Lipinski definition) is 5. The summed E-state index contributed by atoms with van der Waals surface area (Å²) in [5.74, 6) is -0.743. The van der Waals surface area contributed by atoms with Crippen LogP contribution >= 0.6 is 0 Å². The van der Waals surface area contributed by atoms with Crippen molar-refractivity contribution in [3.63, 3.8) is 0 Å². The molecule has 5 heteroatoms. The number of hydrogen-bond donors (Lipinski definition) is 0. The molecule has 0 aliphatic rings. The third kappa shape index (κ3) is 2.35. The van der Waals surface area contributed by atoms with Crippen LogP contribution < -0.4 is 0 Å². The number of carbonyl (C=O) groups excluding carboxylic acids is 2. The minimum Gasteiger partial charge on any atom is -0.465 e. The molecule has 0 spiro atoms. The molecule has 0 aliphatic heterocycles. The van der Waals surface area contributed by atoms with Crippen LogP contribution in [0.15, 0.2) is 41.0 Å².